The molecule has 2 N–H and O–H groups in total. The molecule has 1 nitrogen and oxygen atoms in total. The zero-order valence-corrected chi connectivity index (χ0v) is 7.81. The molecule has 0 radical (unpaired) electrons. The largest absolute Gasteiger partial charge is 0.410 e. The van der Waals surface area contributed by atoms with Crippen LogP contribution in [0.4, 0.5) is 13.2 Å². The minimum absolute atomic E-state index is 0.106. The van der Waals surface area contributed by atoms with Crippen molar-refractivity contribution in [3.05, 3.63) is 35.9 Å². The van der Waals surface area contributed by atoms with Gasteiger partial charge in [-0.05, 0) is 12.0 Å². The van der Waals surface area contributed by atoms with E-state index in [9.17, 15) is 13.2 Å². The molecule has 0 aromatic heterocycles. The number of halogens is 3. The first-order chi connectivity index (χ1) is 6.42. The van der Waals surface area contributed by atoms with Crippen LogP contribution in [0.1, 0.15) is 18.9 Å². The van der Waals surface area contributed by atoms with E-state index in [-0.39, 0.29) is 12.0 Å². The van der Waals surface area contributed by atoms with Crippen molar-refractivity contribution in [2.45, 2.75) is 25.1 Å². The Morgan fingerprint density at radius 2 is 1.64 bits per heavy atom. The topological polar surface area (TPSA) is 26.0 Å². The van der Waals surface area contributed by atoms with E-state index in [1.165, 1.54) is 19.1 Å². The molecule has 0 fully saturated rings. The molecule has 1 aromatic rings. The normalized spacial score (nSPS) is 16.4. The van der Waals surface area contributed by atoms with Crippen LogP contribution in [0.15, 0.2) is 30.3 Å². The van der Waals surface area contributed by atoms with Crippen LogP contribution in [0.2, 0.25) is 0 Å². The van der Waals surface area contributed by atoms with Crippen LogP contribution < -0.4 is 5.73 Å². The molecule has 1 atom stereocenters. The van der Waals surface area contributed by atoms with Crippen molar-refractivity contribution in [3.63, 3.8) is 0 Å². The minimum Gasteiger partial charge on any atom is -0.314 e. The Labute approximate surface area is 80.7 Å². The number of benzene rings is 1. The van der Waals surface area contributed by atoms with Gasteiger partial charge in [-0.15, -0.1) is 0 Å². The maximum atomic E-state index is 12.7. The van der Waals surface area contributed by atoms with Crippen molar-refractivity contribution < 1.29 is 13.2 Å². The van der Waals surface area contributed by atoms with Crippen LogP contribution >= 0.6 is 0 Å². The van der Waals surface area contributed by atoms with Crippen LogP contribution in [0.5, 0.6) is 0 Å². The molecule has 0 bridgehead atoms. The van der Waals surface area contributed by atoms with Gasteiger partial charge in [0.15, 0.2) is 0 Å². The van der Waals surface area contributed by atoms with Gasteiger partial charge >= 0.3 is 6.18 Å². The maximum absolute atomic E-state index is 12.7. The van der Waals surface area contributed by atoms with E-state index < -0.39 is 11.7 Å². The van der Waals surface area contributed by atoms with Crippen molar-refractivity contribution in [3.8, 4) is 0 Å². The lowest BCUT2D eigenvalue weighted by molar-refractivity contribution is -0.190. The Morgan fingerprint density at radius 1 is 1.14 bits per heavy atom. The van der Waals surface area contributed by atoms with Crippen LogP contribution in [-0.2, 0) is 5.54 Å². The third-order valence-corrected chi connectivity index (χ3v) is 2.35. The molecule has 0 heterocycles. The van der Waals surface area contributed by atoms with Crippen LogP contribution in [-0.4, -0.2) is 6.18 Å². The van der Waals surface area contributed by atoms with E-state index in [4.69, 9.17) is 5.73 Å². The SMILES string of the molecule is CC[C@](N)(c1ccccc1)C(F)(F)F. The molecule has 0 aliphatic carbocycles. The fourth-order valence-corrected chi connectivity index (χ4v) is 1.30. The summed E-state index contributed by atoms with van der Waals surface area (Å²) in [6, 6.07) is 7.57. The predicted octanol–water partition coefficient (Wildman–Crippen LogP) is 2.81. The molecular formula is C10H12F3N. The summed E-state index contributed by atoms with van der Waals surface area (Å²) < 4.78 is 38.0. The molecule has 0 aliphatic heterocycles. The van der Waals surface area contributed by atoms with E-state index >= 15 is 0 Å². The van der Waals surface area contributed by atoms with E-state index in [0.29, 0.717) is 0 Å². The fraction of sp³-hybridized carbons (Fsp3) is 0.400. The lowest BCUT2D eigenvalue weighted by Crippen LogP contribution is -2.49. The first-order valence-corrected chi connectivity index (χ1v) is 4.33. The second-order valence-corrected chi connectivity index (χ2v) is 3.19. The molecule has 4 heteroatoms. The Kier molecular flexibility index (Phi) is 2.85. The fourth-order valence-electron chi connectivity index (χ4n) is 1.30. The molecule has 1 aromatic carbocycles. The van der Waals surface area contributed by atoms with E-state index in [1.54, 1.807) is 18.2 Å². The molecule has 78 valence electrons. The smallest absolute Gasteiger partial charge is 0.314 e. The highest BCUT2D eigenvalue weighted by atomic mass is 19.4. The summed E-state index contributed by atoms with van der Waals surface area (Å²) in [5.41, 5.74) is 3.25. The highest BCUT2D eigenvalue weighted by molar-refractivity contribution is 5.25. The summed E-state index contributed by atoms with van der Waals surface area (Å²) in [6.45, 7) is 1.43. The van der Waals surface area contributed by atoms with Crippen LogP contribution in [0.25, 0.3) is 0 Å². The van der Waals surface area contributed by atoms with Gasteiger partial charge in [-0.1, -0.05) is 37.3 Å². The van der Waals surface area contributed by atoms with Crippen molar-refractivity contribution in [2.24, 2.45) is 5.73 Å². The maximum Gasteiger partial charge on any atom is 0.410 e. The first kappa shape index (κ1) is 11.0. The summed E-state index contributed by atoms with van der Waals surface area (Å²) in [7, 11) is 0. The molecule has 0 unspecified atom stereocenters. The molecule has 1 rings (SSSR count). The Hall–Kier alpha value is -1.03. The second-order valence-electron chi connectivity index (χ2n) is 3.19. The van der Waals surface area contributed by atoms with Crippen molar-refractivity contribution in [1.82, 2.24) is 0 Å². The van der Waals surface area contributed by atoms with Crippen LogP contribution in [0.3, 0.4) is 0 Å². The summed E-state index contributed by atoms with van der Waals surface area (Å²) >= 11 is 0. The summed E-state index contributed by atoms with van der Waals surface area (Å²) in [6.07, 6.45) is -4.58. The Balaban J connectivity index is 3.15. The standard InChI is InChI=1S/C10H12F3N/c1-2-9(14,10(11,12)13)8-6-4-3-5-7-8/h3-7H,2,14H2,1H3/t9-/m0/s1. The third-order valence-electron chi connectivity index (χ3n) is 2.35. The summed E-state index contributed by atoms with van der Waals surface area (Å²) in [4.78, 5) is 0. The first-order valence-electron chi connectivity index (χ1n) is 4.33. The summed E-state index contributed by atoms with van der Waals surface area (Å²) in [5, 5.41) is 0. The number of hydrogen-bond donors (Lipinski definition) is 1. The highest BCUT2D eigenvalue weighted by Crippen LogP contribution is 2.38. The predicted molar refractivity (Wildman–Crippen MR) is 48.7 cm³/mol. The van der Waals surface area contributed by atoms with Gasteiger partial charge in [0.05, 0.1) is 0 Å². The minimum atomic E-state index is -4.41. The van der Waals surface area contributed by atoms with E-state index in [2.05, 4.69) is 0 Å². The second kappa shape index (κ2) is 3.61. The summed E-state index contributed by atoms with van der Waals surface area (Å²) in [5.74, 6) is 0. The number of nitrogens with two attached hydrogens (primary N) is 1. The average Bonchev–Trinajstić information content (AvgIpc) is 2.16. The monoisotopic (exact) mass is 203 g/mol. The number of rotatable bonds is 2. The molecule has 0 spiro atoms. The molecule has 14 heavy (non-hydrogen) atoms. The lowest BCUT2D eigenvalue weighted by atomic mass is 9.88. The quantitative estimate of drug-likeness (QED) is 0.785. The van der Waals surface area contributed by atoms with Gasteiger partial charge in [0.25, 0.3) is 0 Å². The van der Waals surface area contributed by atoms with Gasteiger partial charge in [-0.25, -0.2) is 0 Å². The van der Waals surface area contributed by atoms with Crippen molar-refractivity contribution in [2.75, 3.05) is 0 Å². The van der Waals surface area contributed by atoms with Crippen molar-refractivity contribution in [1.29, 1.82) is 0 Å². The van der Waals surface area contributed by atoms with Gasteiger partial charge in [0.1, 0.15) is 5.54 Å². The Bertz CT molecular complexity index is 294. The number of hydrogen-bond acceptors (Lipinski definition) is 1. The molecule has 0 saturated carbocycles. The van der Waals surface area contributed by atoms with Gasteiger partial charge in [-0.3, -0.25) is 0 Å². The van der Waals surface area contributed by atoms with Crippen LogP contribution in [0, 0.1) is 0 Å². The average molecular weight is 203 g/mol. The zero-order valence-electron chi connectivity index (χ0n) is 7.81. The highest BCUT2D eigenvalue weighted by Gasteiger charge is 2.51. The van der Waals surface area contributed by atoms with E-state index in [0.717, 1.165) is 0 Å². The van der Waals surface area contributed by atoms with Gasteiger partial charge in [0, 0.05) is 0 Å². The van der Waals surface area contributed by atoms with Gasteiger partial charge in [-0.2, -0.15) is 13.2 Å². The van der Waals surface area contributed by atoms with Crippen molar-refractivity contribution >= 4 is 0 Å². The van der Waals surface area contributed by atoms with E-state index in [1.807, 2.05) is 0 Å². The van der Waals surface area contributed by atoms with Gasteiger partial charge < -0.3 is 5.73 Å². The molecular weight excluding hydrogens is 191 g/mol. The third kappa shape index (κ3) is 1.75. The molecule has 0 aliphatic rings. The lowest BCUT2D eigenvalue weighted by Gasteiger charge is -2.31. The zero-order chi connectivity index (χ0) is 10.8. The molecule has 0 saturated heterocycles. The Morgan fingerprint density at radius 3 is 2.00 bits per heavy atom. The number of alkyl halides is 3. The van der Waals surface area contributed by atoms with Gasteiger partial charge in [0.2, 0.25) is 0 Å². The molecule has 0 amide bonds.